The molecule has 0 spiro atoms. The van der Waals surface area contributed by atoms with Gasteiger partial charge in [0.25, 0.3) is 0 Å². The van der Waals surface area contributed by atoms with Crippen molar-refractivity contribution in [3.05, 3.63) is 16.3 Å². The first kappa shape index (κ1) is 9.46. The van der Waals surface area contributed by atoms with Gasteiger partial charge in [-0.05, 0) is 13.0 Å². The second-order valence-electron chi connectivity index (χ2n) is 1.80. The fraction of sp³-hybridized carbons (Fsp3) is 0.167. The number of Topliss-reactive ketones (excluding diaryl/α,β-unsaturated/α-hetero) is 1. The molecule has 4 heteroatoms. The Kier molecular flexibility index (Phi) is 3.39. The third-order valence-corrected chi connectivity index (χ3v) is 2.02. The number of ketones is 1. The molecule has 0 radical (unpaired) electrons. The maximum atomic E-state index is 10.6. The third-order valence-electron chi connectivity index (χ3n) is 0.967. The van der Waals surface area contributed by atoms with E-state index in [-0.39, 0.29) is 18.2 Å². The van der Waals surface area contributed by atoms with Gasteiger partial charge in [-0.15, -0.1) is 23.7 Å². The number of thiophene rings is 1. The largest absolute Gasteiger partial charge is 0.398 e. The highest BCUT2D eigenvalue weighted by Crippen LogP contribution is 2.15. The molecule has 2 nitrogen and oxygen atoms in total. The second-order valence-corrected chi connectivity index (χ2v) is 2.71. The summed E-state index contributed by atoms with van der Waals surface area (Å²) in [6, 6.07) is 1.69. The summed E-state index contributed by atoms with van der Waals surface area (Å²) in [4.78, 5) is 11.3. The first-order valence-electron chi connectivity index (χ1n) is 2.55. The Morgan fingerprint density at radius 3 is 2.50 bits per heavy atom. The molecule has 56 valence electrons. The number of nitrogens with two attached hydrogens (primary N) is 1. The van der Waals surface area contributed by atoms with Crippen molar-refractivity contribution in [2.45, 2.75) is 6.92 Å². The summed E-state index contributed by atoms with van der Waals surface area (Å²) in [5.41, 5.74) is 6.05. The van der Waals surface area contributed by atoms with E-state index in [4.69, 9.17) is 5.73 Å². The number of anilines is 1. The molecule has 1 aromatic heterocycles. The van der Waals surface area contributed by atoms with Crippen LogP contribution >= 0.6 is 23.7 Å². The average Bonchev–Trinajstić information content (AvgIpc) is 2.14. The highest BCUT2D eigenvalue weighted by molar-refractivity contribution is 7.12. The summed E-state index contributed by atoms with van der Waals surface area (Å²) >= 11 is 1.38. The lowest BCUT2D eigenvalue weighted by Gasteiger charge is -1.80. The Bertz CT molecular complexity index is 233. The van der Waals surface area contributed by atoms with Crippen LogP contribution in [0.5, 0.6) is 0 Å². The molecule has 1 aromatic rings. The zero-order valence-electron chi connectivity index (χ0n) is 5.46. The predicted molar refractivity (Wildman–Crippen MR) is 46.0 cm³/mol. The number of carbonyl (C=O) groups excluding carboxylic acids is 1. The van der Waals surface area contributed by atoms with Crippen LogP contribution in [0.4, 0.5) is 5.69 Å². The van der Waals surface area contributed by atoms with Crippen molar-refractivity contribution in [3.8, 4) is 0 Å². The lowest BCUT2D eigenvalue weighted by atomic mass is 10.3. The van der Waals surface area contributed by atoms with Crippen LogP contribution in [0.25, 0.3) is 0 Å². The Hall–Kier alpha value is -0.540. The van der Waals surface area contributed by atoms with Gasteiger partial charge in [0, 0.05) is 11.1 Å². The zero-order valence-corrected chi connectivity index (χ0v) is 7.09. The molecule has 0 unspecified atom stereocenters. The van der Waals surface area contributed by atoms with E-state index in [2.05, 4.69) is 0 Å². The molecule has 0 aliphatic heterocycles. The van der Waals surface area contributed by atoms with Gasteiger partial charge in [0.1, 0.15) is 0 Å². The molecule has 1 heterocycles. The van der Waals surface area contributed by atoms with Gasteiger partial charge in [-0.2, -0.15) is 0 Å². The number of nitrogen functional groups attached to an aromatic ring is 1. The molecule has 10 heavy (non-hydrogen) atoms. The average molecular weight is 178 g/mol. The van der Waals surface area contributed by atoms with Crippen molar-refractivity contribution in [1.82, 2.24) is 0 Å². The minimum Gasteiger partial charge on any atom is -0.398 e. The molecule has 0 aromatic carbocycles. The van der Waals surface area contributed by atoms with Crippen molar-refractivity contribution in [3.63, 3.8) is 0 Å². The van der Waals surface area contributed by atoms with Crippen LogP contribution in [0.1, 0.15) is 16.6 Å². The van der Waals surface area contributed by atoms with Crippen LogP contribution in [-0.2, 0) is 0 Å². The van der Waals surface area contributed by atoms with Crippen LogP contribution in [-0.4, -0.2) is 5.78 Å². The molecule has 0 atom stereocenters. The Morgan fingerprint density at radius 1 is 1.70 bits per heavy atom. The van der Waals surface area contributed by atoms with E-state index in [9.17, 15) is 4.79 Å². The summed E-state index contributed by atoms with van der Waals surface area (Å²) in [7, 11) is 0. The molecular weight excluding hydrogens is 170 g/mol. The minimum atomic E-state index is 0. The van der Waals surface area contributed by atoms with Gasteiger partial charge in [0.15, 0.2) is 5.78 Å². The van der Waals surface area contributed by atoms with Crippen LogP contribution in [0.2, 0.25) is 0 Å². The van der Waals surface area contributed by atoms with Gasteiger partial charge < -0.3 is 5.73 Å². The normalized spacial score (nSPS) is 8.50. The van der Waals surface area contributed by atoms with E-state index < -0.39 is 0 Å². The fourth-order valence-corrected chi connectivity index (χ4v) is 1.24. The molecule has 0 fully saturated rings. The number of halogens is 1. The van der Waals surface area contributed by atoms with E-state index in [1.165, 1.54) is 18.3 Å². The molecule has 0 aliphatic carbocycles. The van der Waals surface area contributed by atoms with Crippen LogP contribution in [0.15, 0.2) is 11.4 Å². The first-order chi connectivity index (χ1) is 4.20. The monoisotopic (exact) mass is 177 g/mol. The van der Waals surface area contributed by atoms with Gasteiger partial charge in [-0.1, -0.05) is 0 Å². The zero-order chi connectivity index (χ0) is 6.85. The summed E-state index contributed by atoms with van der Waals surface area (Å²) in [5, 5.41) is 1.76. The highest BCUT2D eigenvalue weighted by Gasteiger charge is 1.99. The van der Waals surface area contributed by atoms with Gasteiger partial charge in [0.2, 0.25) is 0 Å². The molecule has 0 amide bonds. The maximum Gasteiger partial charge on any atom is 0.169 e. The van der Waals surface area contributed by atoms with E-state index in [1.807, 2.05) is 0 Å². The van der Waals surface area contributed by atoms with Crippen molar-refractivity contribution < 1.29 is 4.79 Å². The van der Waals surface area contributed by atoms with E-state index in [1.54, 1.807) is 11.4 Å². The summed E-state index contributed by atoms with van der Waals surface area (Å²) in [5.74, 6) is 0.0803. The molecule has 0 aliphatic rings. The van der Waals surface area contributed by atoms with Gasteiger partial charge in [0.05, 0.1) is 4.88 Å². The van der Waals surface area contributed by atoms with E-state index in [0.29, 0.717) is 5.69 Å². The van der Waals surface area contributed by atoms with E-state index >= 15 is 0 Å². The highest BCUT2D eigenvalue weighted by atomic mass is 35.5. The predicted octanol–water partition coefficient (Wildman–Crippen LogP) is 1.95. The Labute approximate surface area is 69.5 Å². The topological polar surface area (TPSA) is 43.1 Å². The minimum absolute atomic E-state index is 0. The van der Waals surface area contributed by atoms with Crippen molar-refractivity contribution in [2.24, 2.45) is 0 Å². The molecular formula is C6H8ClNOS. The van der Waals surface area contributed by atoms with Crippen LogP contribution in [0.3, 0.4) is 0 Å². The lowest BCUT2D eigenvalue weighted by molar-refractivity contribution is 0.102. The number of rotatable bonds is 1. The molecule has 0 saturated carbocycles. The van der Waals surface area contributed by atoms with E-state index in [0.717, 1.165) is 4.88 Å². The first-order valence-corrected chi connectivity index (χ1v) is 3.43. The van der Waals surface area contributed by atoms with Crippen LogP contribution < -0.4 is 5.73 Å². The maximum absolute atomic E-state index is 10.6. The summed E-state index contributed by atoms with van der Waals surface area (Å²) in [6.45, 7) is 1.53. The van der Waals surface area contributed by atoms with Crippen molar-refractivity contribution >= 4 is 35.2 Å². The molecule has 0 saturated heterocycles. The SMILES string of the molecule is CC(=O)c1cc(N)cs1.Cl. The third kappa shape index (κ3) is 2.01. The van der Waals surface area contributed by atoms with Crippen LogP contribution in [0, 0.1) is 0 Å². The standard InChI is InChI=1S/C6H7NOS.ClH/c1-4(8)6-2-5(7)3-9-6;/h2-3H,7H2,1H3;1H. The number of carbonyl (C=O) groups is 1. The quantitative estimate of drug-likeness (QED) is 0.667. The van der Waals surface area contributed by atoms with Gasteiger partial charge in [-0.25, -0.2) is 0 Å². The van der Waals surface area contributed by atoms with Gasteiger partial charge in [-0.3, -0.25) is 4.79 Å². The van der Waals surface area contributed by atoms with Crippen molar-refractivity contribution in [1.29, 1.82) is 0 Å². The molecule has 0 bridgehead atoms. The fourth-order valence-electron chi connectivity index (χ4n) is 0.536. The Balaban J connectivity index is 0.000000810. The molecule has 2 N–H and O–H groups in total. The van der Waals surface area contributed by atoms with Gasteiger partial charge >= 0.3 is 0 Å². The smallest absolute Gasteiger partial charge is 0.169 e. The summed E-state index contributed by atoms with van der Waals surface area (Å²) in [6.07, 6.45) is 0. The second kappa shape index (κ2) is 3.58. The summed E-state index contributed by atoms with van der Waals surface area (Å²) < 4.78 is 0. The molecule has 1 rings (SSSR count). The van der Waals surface area contributed by atoms with Crippen molar-refractivity contribution in [2.75, 3.05) is 5.73 Å². The number of hydrogen-bond acceptors (Lipinski definition) is 3. The lowest BCUT2D eigenvalue weighted by Crippen LogP contribution is -1.85. The number of hydrogen-bond donors (Lipinski definition) is 1. The Morgan fingerprint density at radius 2 is 2.30 bits per heavy atom.